The molecule has 1 N–H and O–H groups in total. The third-order valence-corrected chi connectivity index (χ3v) is 4.20. The predicted molar refractivity (Wildman–Crippen MR) is 97.2 cm³/mol. The van der Waals surface area contributed by atoms with Crippen LogP contribution in [0.15, 0.2) is 54.1 Å². The van der Waals surface area contributed by atoms with Crippen molar-refractivity contribution in [2.75, 3.05) is 27.2 Å². The maximum Gasteiger partial charge on any atom is 0.154 e. The number of para-hydroxylation sites is 1. The molecular formula is C21H26NO2+. The van der Waals surface area contributed by atoms with Gasteiger partial charge in [0.1, 0.15) is 18.1 Å². The number of aryl methyl sites for hydroxylation is 1. The first-order chi connectivity index (χ1) is 11.6. The van der Waals surface area contributed by atoms with Crippen molar-refractivity contribution in [1.29, 1.82) is 0 Å². The van der Waals surface area contributed by atoms with Crippen LogP contribution in [0.25, 0.3) is 5.76 Å². The molecule has 0 saturated heterocycles. The lowest BCUT2D eigenvalue weighted by Crippen LogP contribution is -3.06. The number of fused-ring (bicyclic) bond motifs is 1. The second-order valence-electron chi connectivity index (χ2n) is 6.58. The van der Waals surface area contributed by atoms with Crippen molar-refractivity contribution >= 4 is 5.76 Å². The van der Waals surface area contributed by atoms with Crippen molar-refractivity contribution in [3.8, 4) is 5.75 Å². The van der Waals surface area contributed by atoms with Crippen LogP contribution in [0, 0.1) is 6.92 Å². The zero-order valence-electron chi connectivity index (χ0n) is 14.9. The van der Waals surface area contributed by atoms with E-state index in [-0.39, 0.29) is 6.10 Å². The van der Waals surface area contributed by atoms with Gasteiger partial charge in [0.2, 0.25) is 0 Å². The van der Waals surface area contributed by atoms with E-state index >= 15 is 0 Å². The molecule has 1 aliphatic heterocycles. The van der Waals surface area contributed by atoms with Crippen LogP contribution in [0.1, 0.15) is 29.7 Å². The summed E-state index contributed by atoms with van der Waals surface area (Å²) in [6.45, 7) is 5.66. The number of hydrogen-bond acceptors (Lipinski definition) is 2. The van der Waals surface area contributed by atoms with Crippen molar-refractivity contribution < 1.29 is 14.4 Å². The first-order valence-electron chi connectivity index (χ1n) is 8.57. The highest BCUT2D eigenvalue weighted by atomic mass is 16.5. The molecule has 0 fully saturated rings. The van der Waals surface area contributed by atoms with Crippen LogP contribution < -0.4 is 9.64 Å². The summed E-state index contributed by atoms with van der Waals surface area (Å²) < 4.78 is 12.5. The second-order valence-corrected chi connectivity index (χ2v) is 6.58. The number of quaternary nitrogens is 1. The fourth-order valence-corrected chi connectivity index (χ4v) is 3.13. The van der Waals surface area contributed by atoms with Crippen LogP contribution in [-0.4, -0.2) is 27.2 Å². The summed E-state index contributed by atoms with van der Waals surface area (Å²) in [5, 5.41) is 0. The third kappa shape index (κ3) is 3.31. The Morgan fingerprint density at radius 3 is 2.42 bits per heavy atom. The van der Waals surface area contributed by atoms with E-state index < -0.39 is 0 Å². The molecule has 1 unspecified atom stereocenters. The number of ether oxygens (including phenoxy) is 2. The molecule has 0 amide bonds. The summed E-state index contributed by atoms with van der Waals surface area (Å²) in [6, 6.07) is 16.7. The van der Waals surface area contributed by atoms with Crippen LogP contribution in [0.2, 0.25) is 0 Å². The van der Waals surface area contributed by atoms with E-state index in [0.29, 0.717) is 6.61 Å². The van der Waals surface area contributed by atoms with Crippen LogP contribution in [-0.2, 0) is 4.74 Å². The predicted octanol–water partition coefficient (Wildman–Crippen LogP) is 3.02. The van der Waals surface area contributed by atoms with Crippen LogP contribution in [0.3, 0.4) is 0 Å². The SMILES string of the molecule is CCOC1=C(C[NH+](C)C)C(c2ccc(C)cc2)Oc2ccccc21. The largest absolute Gasteiger partial charge is 0.493 e. The summed E-state index contributed by atoms with van der Waals surface area (Å²) in [6.07, 6.45) is -0.100. The number of nitrogens with one attached hydrogen (secondary N) is 1. The van der Waals surface area contributed by atoms with Gasteiger partial charge in [-0.15, -0.1) is 0 Å². The number of benzene rings is 2. The molecule has 0 radical (unpaired) electrons. The van der Waals surface area contributed by atoms with E-state index in [1.54, 1.807) is 0 Å². The zero-order valence-corrected chi connectivity index (χ0v) is 14.9. The lowest BCUT2D eigenvalue weighted by Gasteiger charge is -2.31. The maximum atomic E-state index is 6.40. The number of likely N-dealkylation sites (N-methyl/N-ethyl adjacent to an activating group) is 1. The summed E-state index contributed by atoms with van der Waals surface area (Å²) in [7, 11) is 4.31. The standard InChI is InChI=1S/C21H25NO2/c1-5-23-21-17-8-6-7-9-19(17)24-20(18(21)14-22(3)4)16-12-10-15(2)11-13-16/h6-13,20H,5,14H2,1-4H3/p+1. The molecule has 2 aromatic carbocycles. The highest BCUT2D eigenvalue weighted by molar-refractivity contribution is 5.72. The Balaban J connectivity index is 2.13. The van der Waals surface area contributed by atoms with Crippen molar-refractivity contribution in [2.45, 2.75) is 20.0 Å². The Labute approximate surface area is 144 Å². The Hall–Kier alpha value is -2.26. The van der Waals surface area contributed by atoms with Crippen LogP contribution in [0.5, 0.6) is 5.75 Å². The molecule has 0 spiro atoms. The molecule has 1 aliphatic rings. The van der Waals surface area contributed by atoms with Crippen LogP contribution >= 0.6 is 0 Å². The van der Waals surface area contributed by atoms with Gasteiger partial charge >= 0.3 is 0 Å². The fourth-order valence-electron chi connectivity index (χ4n) is 3.13. The molecule has 0 bridgehead atoms. The second kappa shape index (κ2) is 7.10. The van der Waals surface area contributed by atoms with Gasteiger partial charge in [0, 0.05) is 0 Å². The van der Waals surface area contributed by atoms with Crippen molar-refractivity contribution in [3.05, 3.63) is 70.8 Å². The average molecular weight is 324 g/mol. The highest BCUT2D eigenvalue weighted by Gasteiger charge is 2.32. The molecule has 24 heavy (non-hydrogen) atoms. The number of rotatable bonds is 5. The van der Waals surface area contributed by atoms with E-state index in [1.165, 1.54) is 21.6 Å². The maximum absolute atomic E-state index is 6.40. The minimum absolute atomic E-state index is 0.100. The molecule has 126 valence electrons. The summed E-state index contributed by atoms with van der Waals surface area (Å²) >= 11 is 0. The van der Waals surface area contributed by atoms with E-state index in [4.69, 9.17) is 9.47 Å². The Bertz CT molecular complexity index is 732. The van der Waals surface area contributed by atoms with Gasteiger partial charge in [-0.05, 0) is 31.5 Å². The van der Waals surface area contributed by atoms with Gasteiger partial charge < -0.3 is 14.4 Å². The first-order valence-corrected chi connectivity index (χ1v) is 8.57. The molecule has 1 atom stereocenters. The van der Waals surface area contributed by atoms with Gasteiger partial charge in [-0.2, -0.15) is 0 Å². The van der Waals surface area contributed by atoms with Crippen molar-refractivity contribution in [1.82, 2.24) is 0 Å². The van der Waals surface area contributed by atoms with Gasteiger partial charge in [0.25, 0.3) is 0 Å². The van der Waals surface area contributed by atoms with Crippen molar-refractivity contribution in [2.24, 2.45) is 0 Å². The molecular weight excluding hydrogens is 298 g/mol. The fraction of sp³-hybridized carbons (Fsp3) is 0.333. The summed E-state index contributed by atoms with van der Waals surface area (Å²) in [5.41, 5.74) is 4.69. The molecule has 2 aromatic rings. The van der Waals surface area contributed by atoms with E-state index in [9.17, 15) is 0 Å². The third-order valence-electron chi connectivity index (χ3n) is 4.20. The van der Waals surface area contributed by atoms with E-state index in [0.717, 1.165) is 23.6 Å². The first kappa shape index (κ1) is 16.6. The monoisotopic (exact) mass is 324 g/mol. The van der Waals surface area contributed by atoms with E-state index in [1.807, 2.05) is 25.1 Å². The highest BCUT2D eigenvalue weighted by Crippen LogP contribution is 2.42. The minimum Gasteiger partial charge on any atom is -0.493 e. The Kier molecular flexibility index (Phi) is 4.91. The Morgan fingerprint density at radius 2 is 1.75 bits per heavy atom. The summed E-state index contributed by atoms with van der Waals surface area (Å²) in [5.74, 6) is 1.87. The lowest BCUT2D eigenvalue weighted by molar-refractivity contribution is -0.853. The smallest absolute Gasteiger partial charge is 0.154 e. The summed E-state index contributed by atoms with van der Waals surface area (Å²) in [4.78, 5) is 1.35. The molecule has 3 heteroatoms. The molecule has 3 rings (SSSR count). The van der Waals surface area contributed by atoms with Gasteiger partial charge in [0.15, 0.2) is 6.10 Å². The minimum atomic E-state index is -0.100. The Morgan fingerprint density at radius 1 is 1.04 bits per heavy atom. The molecule has 0 aromatic heterocycles. The zero-order chi connectivity index (χ0) is 17.1. The average Bonchev–Trinajstić information content (AvgIpc) is 2.57. The van der Waals surface area contributed by atoms with Gasteiger partial charge in [-0.3, -0.25) is 0 Å². The number of hydrogen-bond donors (Lipinski definition) is 1. The molecule has 3 nitrogen and oxygen atoms in total. The normalized spacial score (nSPS) is 16.8. The topological polar surface area (TPSA) is 22.9 Å². The molecule has 0 aliphatic carbocycles. The molecule has 1 heterocycles. The van der Waals surface area contributed by atoms with Crippen LogP contribution in [0.4, 0.5) is 0 Å². The lowest BCUT2D eigenvalue weighted by atomic mass is 9.93. The van der Waals surface area contributed by atoms with Gasteiger partial charge in [-0.1, -0.05) is 42.0 Å². The molecule has 0 saturated carbocycles. The quantitative estimate of drug-likeness (QED) is 0.914. The van der Waals surface area contributed by atoms with Gasteiger partial charge in [0.05, 0.1) is 31.8 Å². The van der Waals surface area contributed by atoms with Crippen molar-refractivity contribution in [3.63, 3.8) is 0 Å². The van der Waals surface area contributed by atoms with Gasteiger partial charge in [-0.25, -0.2) is 0 Å². The van der Waals surface area contributed by atoms with E-state index in [2.05, 4.69) is 51.4 Å².